The lowest BCUT2D eigenvalue weighted by molar-refractivity contribution is 0.446. The summed E-state index contributed by atoms with van der Waals surface area (Å²) in [5, 5.41) is 10.3. The Morgan fingerprint density at radius 3 is 2.78 bits per heavy atom. The van der Waals surface area contributed by atoms with Gasteiger partial charge in [0.25, 0.3) is 0 Å². The molecule has 1 atom stereocenters. The van der Waals surface area contributed by atoms with Crippen LogP contribution in [0.2, 0.25) is 0 Å². The van der Waals surface area contributed by atoms with Crippen molar-refractivity contribution in [2.75, 3.05) is 16.8 Å². The Morgan fingerprint density at radius 1 is 1.26 bits per heavy atom. The first kappa shape index (κ1) is 15.6. The second-order valence-electron chi connectivity index (χ2n) is 5.61. The molecular weight excluding hydrogens is 300 g/mol. The van der Waals surface area contributed by atoms with Gasteiger partial charge in [-0.05, 0) is 37.8 Å². The highest BCUT2D eigenvalue weighted by Gasteiger charge is 2.23. The van der Waals surface area contributed by atoms with Gasteiger partial charge < -0.3 is 10.2 Å². The molecule has 1 N–H and O–H groups in total. The molecule has 7 heteroatoms. The lowest BCUT2D eigenvalue weighted by atomic mass is 10.0. The standard InChI is InChI=1S/C16H19F2N5/c1-2-11-6-3-4-9-23(11)14-10-19-22-16(20-14)21-15-12(17)7-5-8-13(15)18/h5,7-8,10-11H,2-4,6,9H2,1H3,(H,20,21,22). The molecule has 0 radical (unpaired) electrons. The highest BCUT2D eigenvalue weighted by molar-refractivity contribution is 5.56. The minimum atomic E-state index is -0.691. The van der Waals surface area contributed by atoms with E-state index in [4.69, 9.17) is 0 Å². The minimum absolute atomic E-state index is 0.0897. The van der Waals surface area contributed by atoms with Crippen molar-refractivity contribution in [1.82, 2.24) is 15.2 Å². The van der Waals surface area contributed by atoms with E-state index in [1.165, 1.54) is 24.6 Å². The average Bonchev–Trinajstić information content (AvgIpc) is 2.58. The van der Waals surface area contributed by atoms with Crippen molar-refractivity contribution in [3.8, 4) is 0 Å². The first-order chi connectivity index (χ1) is 11.2. The number of benzene rings is 1. The molecule has 0 spiro atoms. The maximum Gasteiger partial charge on any atom is 0.249 e. The molecule has 1 unspecified atom stereocenters. The highest BCUT2D eigenvalue weighted by atomic mass is 19.1. The summed E-state index contributed by atoms with van der Waals surface area (Å²) in [6.45, 7) is 3.05. The summed E-state index contributed by atoms with van der Waals surface area (Å²) >= 11 is 0. The van der Waals surface area contributed by atoms with Gasteiger partial charge in [0, 0.05) is 12.6 Å². The summed E-state index contributed by atoms with van der Waals surface area (Å²) in [5.74, 6) is -0.607. The molecule has 1 aliphatic heterocycles. The maximum absolute atomic E-state index is 13.7. The van der Waals surface area contributed by atoms with Gasteiger partial charge in [-0.1, -0.05) is 13.0 Å². The molecule has 23 heavy (non-hydrogen) atoms. The van der Waals surface area contributed by atoms with Crippen molar-refractivity contribution in [2.24, 2.45) is 0 Å². The first-order valence-corrected chi connectivity index (χ1v) is 7.86. The van der Waals surface area contributed by atoms with Gasteiger partial charge in [-0.25, -0.2) is 8.78 Å². The van der Waals surface area contributed by atoms with Crippen molar-refractivity contribution < 1.29 is 8.78 Å². The van der Waals surface area contributed by atoms with Gasteiger partial charge in [0.05, 0.1) is 6.20 Å². The summed E-state index contributed by atoms with van der Waals surface area (Å²) in [4.78, 5) is 6.58. The molecule has 1 saturated heterocycles. The Balaban J connectivity index is 1.85. The molecule has 0 aliphatic carbocycles. The molecular formula is C16H19F2N5. The molecule has 1 fully saturated rings. The van der Waals surface area contributed by atoms with Crippen molar-refractivity contribution in [3.63, 3.8) is 0 Å². The van der Waals surface area contributed by atoms with Crippen molar-refractivity contribution in [2.45, 2.75) is 38.6 Å². The SMILES string of the molecule is CCC1CCCCN1c1cnnc(Nc2c(F)cccc2F)n1. The molecule has 3 rings (SSSR count). The lowest BCUT2D eigenvalue weighted by Crippen LogP contribution is -2.39. The molecule has 0 bridgehead atoms. The van der Waals surface area contributed by atoms with E-state index in [2.05, 4.69) is 32.3 Å². The number of rotatable bonds is 4. The number of para-hydroxylation sites is 1. The number of hydrogen-bond donors (Lipinski definition) is 1. The van der Waals surface area contributed by atoms with Crippen LogP contribution in [0.1, 0.15) is 32.6 Å². The third kappa shape index (κ3) is 3.38. The fourth-order valence-electron chi connectivity index (χ4n) is 2.94. The second-order valence-corrected chi connectivity index (χ2v) is 5.61. The quantitative estimate of drug-likeness (QED) is 0.932. The van der Waals surface area contributed by atoms with Crippen LogP contribution in [0.15, 0.2) is 24.4 Å². The number of piperidine rings is 1. The molecule has 1 aromatic heterocycles. The van der Waals surface area contributed by atoms with Gasteiger partial charge >= 0.3 is 0 Å². The van der Waals surface area contributed by atoms with Crippen LogP contribution < -0.4 is 10.2 Å². The molecule has 122 valence electrons. The molecule has 0 amide bonds. The van der Waals surface area contributed by atoms with Crippen molar-refractivity contribution >= 4 is 17.5 Å². The van der Waals surface area contributed by atoms with Crippen LogP contribution in [0.4, 0.5) is 26.2 Å². The number of hydrogen-bond acceptors (Lipinski definition) is 5. The summed E-state index contributed by atoms with van der Waals surface area (Å²) in [5.41, 5.74) is -0.267. The van der Waals surface area contributed by atoms with E-state index in [9.17, 15) is 8.78 Å². The van der Waals surface area contributed by atoms with E-state index >= 15 is 0 Å². The molecule has 1 aliphatic rings. The number of anilines is 3. The summed E-state index contributed by atoms with van der Waals surface area (Å²) in [6.07, 6.45) is 6.04. The summed E-state index contributed by atoms with van der Waals surface area (Å²) < 4.78 is 27.4. The van der Waals surface area contributed by atoms with E-state index in [-0.39, 0.29) is 11.6 Å². The summed E-state index contributed by atoms with van der Waals surface area (Å²) in [7, 11) is 0. The van der Waals surface area contributed by atoms with Crippen LogP contribution in [0.3, 0.4) is 0 Å². The zero-order valence-electron chi connectivity index (χ0n) is 13.0. The van der Waals surface area contributed by atoms with Crippen LogP contribution in [0.5, 0.6) is 0 Å². The molecule has 0 saturated carbocycles. The fraction of sp³-hybridized carbons (Fsp3) is 0.438. The third-order valence-electron chi connectivity index (χ3n) is 4.14. The Morgan fingerprint density at radius 2 is 2.04 bits per heavy atom. The number of aromatic nitrogens is 3. The van der Waals surface area contributed by atoms with Crippen molar-refractivity contribution in [3.05, 3.63) is 36.0 Å². The molecule has 5 nitrogen and oxygen atoms in total. The number of nitrogens with one attached hydrogen (secondary N) is 1. The smallest absolute Gasteiger partial charge is 0.249 e. The van der Waals surface area contributed by atoms with Crippen LogP contribution in [-0.2, 0) is 0 Å². The highest BCUT2D eigenvalue weighted by Crippen LogP contribution is 2.26. The molecule has 2 aromatic rings. The molecule has 2 heterocycles. The fourth-order valence-corrected chi connectivity index (χ4v) is 2.94. The Labute approximate surface area is 133 Å². The third-order valence-corrected chi connectivity index (χ3v) is 4.14. The van der Waals surface area contributed by atoms with Gasteiger partial charge in [0.1, 0.15) is 17.3 Å². The van der Waals surface area contributed by atoms with E-state index in [1.54, 1.807) is 6.20 Å². The topological polar surface area (TPSA) is 53.9 Å². The first-order valence-electron chi connectivity index (χ1n) is 7.86. The van der Waals surface area contributed by atoms with Crippen LogP contribution in [-0.4, -0.2) is 27.8 Å². The zero-order valence-corrected chi connectivity index (χ0v) is 13.0. The Bertz CT molecular complexity index is 659. The number of halogens is 2. The lowest BCUT2D eigenvalue weighted by Gasteiger charge is -2.35. The maximum atomic E-state index is 13.7. The van der Waals surface area contributed by atoms with Gasteiger partial charge in [-0.2, -0.15) is 10.1 Å². The predicted molar refractivity (Wildman–Crippen MR) is 84.7 cm³/mol. The van der Waals surface area contributed by atoms with E-state index < -0.39 is 11.6 Å². The normalized spacial score (nSPS) is 18.0. The zero-order chi connectivity index (χ0) is 16.2. The minimum Gasteiger partial charge on any atom is -0.352 e. The Hall–Kier alpha value is -2.31. The van der Waals surface area contributed by atoms with Crippen molar-refractivity contribution in [1.29, 1.82) is 0 Å². The van der Waals surface area contributed by atoms with Gasteiger partial charge in [0.2, 0.25) is 5.95 Å². The monoisotopic (exact) mass is 319 g/mol. The molecule has 1 aromatic carbocycles. The predicted octanol–water partition coefficient (Wildman–Crippen LogP) is 3.66. The average molecular weight is 319 g/mol. The number of nitrogens with zero attached hydrogens (tertiary/aromatic N) is 4. The largest absolute Gasteiger partial charge is 0.352 e. The second kappa shape index (κ2) is 6.85. The van der Waals surface area contributed by atoms with Crippen LogP contribution in [0, 0.1) is 11.6 Å². The van der Waals surface area contributed by atoms with Crippen LogP contribution >= 0.6 is 0 Å². The van der Waals surface area contributed by atoms with Gasteiger partial charge in [-0.3, -0.25) is 0 Å². The van der Waals surface area contributed by atoms with Crippen LogP contribution in [0.25, 0.3) is 0 Å². The Kier molecular flexibility index (Phi) is 4.64. The van der Waals surface area contributed by atoms with E-state index in [0.29, 0.717) is 11.9 Å². The van der Waals surface area contributed by atoms with E-state index in [0.717, 1.165) is 25.8 Å². The summed E-state index contributed by atoms with van der Waals surface area (Å²) in [6, 6.07) is 4.09. The van der Waals surface area contributed by atoms with Gasteiger partial charge in [0.15, 0.2) is 5.82 Å². The van der Waals surface area contributed by atoms with Gasteiger partial charge in [-0.15, -0.1) is 5.10 Å². The van der Waals surface area contributed by atoms with E-state index in [1.807, 2.05) is 0 Å².